The lowest BCUT2D eigenvalue weighted by atomic mass is 9.77. The van der Waals surface area contributed by atoms with Gasteiger partial charge >= 0.3 is 0 Å². The molecule has 0 spiro atoms. The van der Waals surface area contributed by atoms with Gasteiger partial charge in [0.2, 0.25) is 5.95 Å². The molecule has 2 N–H and O–H groups in total. The van der Waals surface area contributed by atoms with Crippen LogP contribution in [0.2, 0.25) is 0 Å². The van der Waals surface area contributed by atoms with Crippen LogP contribution in [0.25, 0.3) is 0 Å². The van der Waals surface area contributed by atoms with Crippen molar-refractivity contribution in [2.45, 2.75) is 133 Å². The highest BCUT2D eigenvalue weighted by Gasteiger charge is 2.46. The summed E-state index contributed by atoms with van der Waals surface area (Å²) in [6.07, 6.45) is 12.0. The highest BCUT2D eigenvalue weighted by atomic mass is 32.2. The maximum Gasteiger partial charge on any atom is 0.231 e. The van der Waals surface area contributed by atoms with Crippen molar-refractivity contribution in [3.8, 4) is 0 Å². The van der Waals surface area contributed by atoms with E-state index in [1.165, 1.54) is 51.4 Å². The fraction of sp³-hybridized carbons (Fsp3) is 0.875. The first-order chi connectivity index (χ1) is 14.7. The van der Waals surface area contributed by atoms with Crippen LogP contribution in [-0.4, -0.2) is 43.6 Å². The van der Waals surface area contributed by atoms with E-state index >= 15 is 0 Å². The molecule has 1 aromatic rings. The molecule has 0 aliphatic carbocycles. The van der Waals surface area contributed by atoms with Crippen molar-refractivity contribution >= 4 is 29.5 Å². The summed E-state index contributed by atoms with van der Waals surface area (Å²) < 4.78 is 0. The van der Waals surface area contributed by atoms with Gasteiger partial charge in [-0.15, -0.1) is 0 Å². The number of aromatic nitrogens is 3. The standard InChI is InChI=1S/C24H45N5S2/c1-7-9-11-13-15-30-21-26-20(27-22(28-21)31-16-14-12-10-8-2)29-23(3,4)17-19(25)18-24(29,5)6/h19H,7-18,25H2,1-6H3. The van der Waals surface area contributed by atoms with Crippen LogP contribution in [0.1, 0.15) is 106 Å². The highest BCUT2D eigenvalue weighted by molar-refractivity contribution is 7.99. The monoisotopic (exact) mass is 467 g/mol. The zero-order valence-corrected chi connectivity index (χ0v) is 22.4. The second kappa shape index (κ2) is 12.6. The number of nitrogens with two attached hydrogens (primary N) is 1. The van der Waals surface area contributed by atoms with Crippen LogP contribution in [0, 0.1) is 0 Å². The second-order valence-electron chi connectivity index (χ2n) is 10.1. The number of piperidine rings is 1. The first kappa shape index (κ1) is 26.7. The Morgan fingerprint density at radius 1 is 0.774 bits per heavy atom. The van der Waals surface area contributed by atoms with Gasteiger partial charge in [0.25, 0.3) is 0 Å². The molecule has 0 unspecified atom stereocenters. The third-order valence-electron chi connectivity index (χ3n) is 5.97. The molecule has 0 saturated carbocycles. The SMILES string of the molecule is CCCCCCSc1nc(SCCCCCC)nc(N2C(C)(C)CC(N)CC2(C)C)n1. The number of unbranched alkanes of at least 4 members (excludes halogenated alkanes) is 6. The van der Waals surface area contributed by atoms with E-state index in [4.69, 9.17) is 20.7 Å². The van der Waals surface area contributed by atoms with Crippen LogP contribution in [0.4, 0.5) is 5.95 Å². The molecule has 5 nitrogen and oxygen atoms in total. The Morgan fingerprint density at radius 2 is 1.23 bits per heavy atom. The summed E-state index contributed by atoms with van der Waals surface area (Å²) in [4.78, 5) is 17.2. The lowest BCUT2D eigenvalue weighted by Crippen LogP contribution is -2.64. The number of hydrogen-bond donors (Lipinski definition) is 1. The average molecular weight is 468 g/mol. The molecule has 1 fully saturated rings. The van der Waals surface area contributed by atoms with Gasteiger partial charge < -0.3 is 10.6 Å². The maximum atomic E-state index is 6.41. The molecule has 178 valence electrons. The van der Waals surface area contributed by atoms with Crippen LogP contribution < -0.4 is 10.6 Å². The Labute approximate surface area is 199 Å². The molecule has 0 atom stereocenters. The minimum absolute atomic E-state index is 0.0886. The van der Waals surface area contributed by atoms with Crippen molar-refractivity contribution in [2.75, 3.05) is 16.4 Å². The van der Waals surface area contributed by atoms with Crippen LogP contribution in [-0.2, 0) is 0 Å². The van der Waals surface area contributed by atoms with Crippen LogP contribution in [0.15, 0.2) is 10.3 Å². The number of hydrogen-bond acceptors (Lipinski definition) is 7. The zero-order valence-electron chi connectivity index (χ0n) is 20.7. The predicted octanol–water partition coefficient (Wildman–Crippen LogP) is 6.70. The summed E-state index contributed by atoms with van der Waals surface area (Å²) in [7, 11) is 0. The fourth-order valence-corrected chi connectivity index (χ4v) is 6.55. The van der Waals surface area contributed by atoms with Gasteiger partial charge in [-0.1, -0.05) is 75.9 Å². The predicted molar refractivity (Wildman–Crippen MR) is 137 cm³/mol. The summed E-state index contributed by atoms with van der Waals surface area (Å²) in [5.74, 6) is 2.97. The number of nitrogens with zero attached hydrogens (tertiary/aromatic N) is 4. The first-order valence-electron chi connectivity index (χ1n) is 12.3. The van der Waals surface area contributed by atoms with E-state index in [1.54, 1.807) is 23.5 Å². The Balaban J connectivity index is 2.22. The molecule has 0 radical (unpaired) electrons. The largest absolute Gasteiger partial charge is 0.330 e. The molecule has 1 saturated heterocycles. The topological polar surface area (TPSA) is 67.9 Å². The van der Waals surface area contributed by atoms with Crippen molar-refractivity contribution in [2.24, 2.45) is 5.73 Å². The van der Waals surface area contributed by atoms with E-state index in [1.807, 2.05) is 0 Å². The smallest absolute Gasteiger partial charge is 0.231 e. The maximum absolute atomic E-state index is 6.41. The van der Waals surface area contributed by atoms with Gasteiger partial charge in [0.05, 0.1) is 0 Å². The molecule has 0 amide bonds. The van der Waals surface area contributed by atoms with E-state index in [0.717, 1.165) is 40.6 Å². The van der Waals surface area contributed by atoms with Crippen molar-refractivity contribution < 1.29 is 0 Å². The Hall–Kier alpha value is -0.530. The Bertz CT molecular complexity index is 615. The molecule has 2 rings (SSSR count). The molecular formula is C24H45N5S2. The Kier molecular flexibility index (Phi) is 10.9. The van der Waals surface area contributed by atoms with Gasteiger partial charge in [0.15, 0.2) is 10.3 Å². The zero-order chi connectivity index (χ0) is 22.9. The van der Waals surface area contributed by atoms with Gasteiger partial charge in [0.1, 0.15) is 0 Å². The molecule has 1 aliphatic heterocycles. The summed E-state index contributed by atoms with van der Waals surface area (Å²) in [5.41, 5.74) is 6.23. The first-order valence-corrected chi connectivity index (χ1v) is 14.2. The van der Waals surface area contributed by atoms with Crippen LogP contribution in [0.3, 0.4) is 0 Å². The minimum atomic E-state index is -0.0886. The number of anilines is 1. The fourth-order valence-electron chi connectivity index (χ4n) is 4.84. The molecule has 7 heteroatoms. The third kappa shape index (κ3) is 8.39. The van der Waals surface area contributed by atoms with E-state index in [9.17, 15) is 0 Å². The summed E-state index contributed by atoms with van der Waals surface area (Å²) in [6, 6.07) is 0.211. The van der Waals surface area contributed by atoms with E-state index < -0.39 is 0 Å². The van der Waals surface area contributed by atoms with Gasteiger partial charge in [-0.05, 0) is 53.4 Å². The number of rotatable bonds is 13. The highest BCUT2D eigenvalue weighted by Crippen LogP contribution is 2.40. The molecule has 0 bridgehead atoms. The van der Waals surface area contributed by atoms with E-state index in [2.05, 4.69) is 46.4 Å². The lowest BCUT2D eigenvalue weighted by molar-refractivity contribution is 0.215. The van der Waals surface area contributed by atoms with Crippen molar-refractivity contribution in [3.63, 3.8) is 0 Å². The van der Waals surface area contributed by atoms with E-state index in [-0.39, 0.29) is 17.1 Å². The Morgan fingerprint density at radius 3 is 1.65 bits per heavy atom. The number of thioether (sulfide) groups is 2. The molecule has 31 heavy (non-hydrogen) atoms. The van der Waals surface area contributed by atoms with Gasteiger partial charge in [-0.3, -0.25) is 0 Å². The van der Waals surface area contributed by atoms with Gasteiger partial charge in [-0.25, -0.2) is 0 Å². The van der Waals surface area contributed by atoms with Gasteiger partial charge in [0, 0.05) is 28.6 Å². The molecule has 0 aromatic carbocycles. The minimum Gasteiger partial charge on any atom is -0.330 e. The second-order valence-corrected chi connectivity index (χ2v) is 12.3. The normalized spacial score (nSPS) is 18.5. The van der Waals surface area contributed by atoms with Gasteiger partial charge in [-0.2, -0.15) is 15.0 Å². The van der Waals surface area contributed by atoms with Crippen molar-refractivity contribution in [1.82, 2.24) is 15.0 Å². The van der Waals surface area contributed by atoms with Crippen LogP contribution >= 0.6 is 23.5 Å². The lowest BCUT2D eigenvalue weighted by Gasteiger charge is -2.54. The summed E-state index contributed by atoms with van der Waals surface area (Å²) in [6.45, 7) is 13.6. The van der Waals surface area contributed by atoms with Crippen molar-refractivity contribution in [1.29, 1.82) is 0 Å². The van der Waals surface area contributed by atoms with E-state index in [0.29, 0.717) is 0 Å². The summed E-state index contributed by atoms with van der Waals surface area (Å²) >= 11 is 3.57. The third-order valence-corrected chi connectivity index (χ3v) is 7.84. The molecule has 1 aliphatic rings. The van der Waals surface area contributed by atoms with Crippen LogP contribution in [0.5, 0.6) is 0 Å². The summed E-state index contributed by atoms with van der Waals surface area (Å²) in [5, 5.41) is 1.75. The quantitative estimate of drug-likeness (QED) is 0.256. The molecule has 1 aromatic heterocycles. The van der Waals surface area contributed by atoms with Crippen molar-refractivity contribution in [3.05, 3.63) is 0 Å². The molecule has 2 heterocycles. The average Bonchev–Trinajstić information content (AvgIpc) is 2.65. The molecular weight excluding hydrogens is 422 g/mol.